The molecule has 4 nitrogen and oxygen atoms in total. The molecule has 27 heavy (non-hydrogen) atoms. The number of piperazine rings is 1. The van der Waals surface area contributed by atoms with Gasteiger partial charge in [-0.3, -0.25) is 4.79 Å². The summed E-state index contributed by atoms with van der Waals surface area (Å²) in [5, 5.41) is 1.16. The van der Waals surface area contributed by atoms with E-state index in [1.165, 1.54) is 23.3 Å². The van der Waals surface area contributed by atoms with Gasteiger partial charge in [0.15, 0.2) is 5.58 Å². The number of rotatable bonds is 3. The van der Waals surface area contributed by atoms with Gasteiger partial charge in [-0.15, -0.1) is 0 Å². The summed E-state index contributed by atoms with van der Waals surface area (Å²) in [6, 6.07) is 9.71. The summed E-state index contributed by atoms with van der Waals surface area (Å²) in [4.78, 5) is 16.3. The van der Waals surface area contributed by atoms with E-state index >= 15 is 0 Å². The summed E-state index contributed by atoms with van der Waals surface area (Å²) in [6.45, 7) is 4.03. The summed E-state index contributed by atoms with van der Waals surface area (Å²) >= 11 is 12.1. The van der Waals surface area contributed by atoms with Gasteiger partial charge in [0.2, 0.25) is 5.43 Å². The predicted octanol–water partition coefficient (Wildman–Crippen LogP) is 3.14. The second-order valence-corrected chi connectivity index (χ2v) is 7.59. The summed E-state index contributed by atoms with van der Waals surface area (Å²) in [5.74, 6) is -0.230. The molecule has 1 aromatic heterocycles. The molecule has 1 saturated heterocycles. The van der Waals surface area contributed by atoms with Crippen molar-refractivity contribution in [2.45, 2.75) is 6.54 Å². The number of fused-ring (bicyclic) bond motifs is 1. The SMILES string of the molecule is O=c1c(C[NH+]2CCN(c3ccc(F)cc3)CC2)coc2c(Cl)cc(Cl)cc12. The Morgan fingerprint density at radius 3 is 2.52 bits per heavy atom. The molecular weight excluding hydrogens is 390 g/mol. The minimum absolute atomic E-state index is 0.0888. The molecule has 0 aliphatic carbocycles. The molecule has 1 aliphatic heterocycles. The Balaban J connectivity index is 1.48. The summed E-state index contributed by atoms with van der Waals surface area (Å²) in [7, 11) is 0. The fourth-order valence-corrected chi connectivity index (χ4v) is 4.04. The normalized spacial score (nSPS) is 15.4. The molecule has 2 heterocycles. The number of hydrogen-bond acceptors (Lipinski definition) is 3. The van der Waals surface area contributed by atoms with Gasteiger partial charge in [0, 0.05) is 10.7 Å². The van der Waals surface area contributed by atoms with Crippen LogP contribution >= 0.6 is 23.2 Å². The highest BCUT2D eigenvalue weighted by Crippen LogP contribution is 2.26. The zero-order valence-corrected chi connectivity index (χ0v) is 16.0. The average Bonchev–Trinajstić information content (AvgIpc) is 2.66. The van der Waals surface area contributed by atoms with E-state index in [1.807, 2.05) is 0 Å². The first kappa shape index (κ1) is 18.3. The maximum atomic E-state index is 13.1. The van der Waals surface area contributed by atoms with Gasteiger partial charge in [-0.1, -0.05) is 23.2 Å². The molecule has 0 amide bonds. The second-order valence-electron chi connectivity index (χ2n) is 6.74. The Hall–Kier alpha value is -2.08. The van der Waals surface area contributed by atoms with Gasteiger partial charge in [0.05, 0.1) is 42.2 Å². The summed E-state index contributed by atoms with van der Waals surface area (Å²) in [6.07, 6.45) is 1.50. The smallest absolute Gasteiger partial charge is 0.201 e. The lowest BCUT2D eigenvalue weighted by atomic mass is 10.1. The molecule has 0 bridgehead atoms. The van der Waals surface area contributed by atoms with Gasteiger partial charge < -0.3 is 14.2 Å². The molecule has 1 fully saturated rings. The van der Waals surface area contributed by atoms with E-state index in [4.69, 9.17) is 27.6 Å². The topological polar surface area (TPSA) is 37.9 Å². The van der Waals surface area contributed by atoms with Crippen molar-refractivity contribution in [3.63, 3.8) is 0 Å². The van der Waals surface area contributed by atoms with E-state index in [2.05, 4.69) is 4.90 Å². The molecule has 1 aliphatic rings. The number of benzene rings is 2. The minimum atomic E-state index is -0.230. The fourth-order valence-electron chi connectivity index (χ4n) is 3.51. The van der Waals surface area contributed by atoms with Gasteiger partial charge in [-0.05, 0) is 36.4 Å². The standard InChI is InChI=1S/C20H17Cl2FN2O2/c21-14-9-17-19(26)13(12-27-20(17)18(22)10-14)11-24-5-7-25(8-6-24)16-3-1-15(23)2-4-16/h1-4,9-10,12H,5-8,11H2/p+1. The number of halogens is 3. The molecule has 0 atom stereocenters. The Kier molecular flexibility index (Phi) is 5.08. The van der Waals surface area contributed by atoms with Crippen LogP contribution in [-0.4, -0.2) is 26.2 Å². The minimum Gasteiger partial charge on any atom is -0.462 e. The van der Waals surface area contributed by atoms with Crippen molar-refractivity contribution < 1.29 is 13.7 Å². The van der Waals surface area contributed by atoms with Crippen molar-refractivity contribution in [3.8, 4) is 0 Å². The molecule has 4 rings (SSSR count). The van der Waals surface area contributed by atoms with E-state index in [0.29, 0.717) is 33.1 Å². The average molecular weight is 408 g/mol. The van der Waals surface area contributed by atoms with Crippen molar-refractivity contribution in [2.75, 3.05) is 31.1 Å². The van der Waals surface area contributed by atoms with E-state index in [9.17, 15) is 9.18 Å². The lowest BCUT2D eigenvalue weighted by Gasteiger charge is -2.33. The third-order valence-corrected chi connectivity index (χ3v) is 5.47. The molecule has 1 N–H and O–H groups in total. The van der Waals surface area contributed by atoms with Crippen LogP contribution in [0.4, 0.5) is 10.1 Å². The van der Waals surface area contributed by atoms with Crippen LogP contribution in [0.3, 0.4) is 0 Å². The maximum absolute atomic E-state index is 13.1. The molecule has 0 saturated carbocycles. The number of hydrogen-bond donors (Lipinski definition) is 1. The summed E-state index contributed by atoms with van der Waals surface area (Å²) < 4.78 is 18.7. The molecule has 0 spiro atoms. The zero-order valence-electron chi connectivity index (χ0n) is 14.5. The van der Waals surface area contributed by atoms with E-state index in [0.717, 1.165) is 31.9 Å². The van der Waals surface area contributed by atoms with E-state index < -0.39 is 0 Å². The number of nitrogens with zero attached hydrogens (tertiary/aromatic N) is 1. The van der Waals surface area contributed by atoms with Crippen molar-refractivity contribution in [2.24, 2.45) is 0 Å². The largest absolute Gasteiger partial charge is 0.462 e. The first-order valence-electron chi connectivity index (χ1n) is 8.75. The van der Waals surface area contributed by atoms with Crippen LogP contribution in [0.1, 0.15) is 5.56 Å². The Morgan fingerprint density at radius 1 is 1.11 bits per heavy atom. The zero-order chi connectivity index (χ0) is 19.0. The maximum Gasteiger partial charge on any atom is 0.201 e. The van der Waals surface area contributed by atoms with Crippen molar-refractivity contribution in [1.29, 1.82) is 0 Å². The van der Waals surface area contributed by atoms with Crippen molar-refractivity contribution in [1.82, 2.24) is 0 Å². The van der Waals surface area contributed by atoms with E-state index in [1.54, 1.807) is 24.3 Å². The van der Waals surface area contributed by atoms with Gasteiger partial charge >= 0.3 is 0 Å². The van der Waals surface area contributed by atoms with Crippen molar-refractivity contribution in [3.05, 3.63) is 74.3 Å². The second kappa shape index (κ2) is 7.50. The van der Waals surface area contributed by atoms with Gasteiger partial charge in [-0.25, -0.2) is 4.39 Å². The number of quaternary nitrogens is 1. The number of anilines is 1. The van der Waals surface area contributed by atoms with Gasteiger partial charge in [0.25, 0.3) is 0 Å². The van der Waals surface area contributed by atoms with E-state index in [-0.39, 0.29) is 11.2 Å². The van der Waals surface area contributed by atoms with Crippen LogP contribution in [0.2, 0.25) is 10.0 Å². The fraction of sp³-hybridized carbons (Fsp3) is 0.250. The first-order valence-corrected chi connectivity index (χ1v) is 9.50. The van der Waals surface area contributed by atoms with Crippen LogP contribution in [0.25, 0.3) is 11.0 Å². The van der Waals surface area contributed by atoms with Crippen LogP contribution in [-0.2, 0) is 6.54 Å². The first-order chi connectivity index (χ1) is 13.0. The highest BCUT2D eigenvalue weighted by Gasteiger charge is 2.22. The quantitative estimate of drug-likeness (QED) is 0.724. The molecule has 3 aromatic rings. The molecule has 0 radical (unpaired) electrons. The molecule has 2 aromatic carbocycles. The lowest BCUT2D eigenvalue weighted by molar-refractivity contribution is -0.914. The van der Waals surface area contributed by atoms with Crippen molar-refractivity contribution >= 4 is 39.9 Å². The Morgan fingerprint density at radius 2 is 1.81 bits per heavy atom. The lowest BCUT2D eigenvalue weighted by Crippen LogP contribution is -3.13. The third kappa shape index (κ3) is 3.81. The van der Waals surface area contributed by atoms with Crippen LogP contribution < -0.4 is 15.2 Å². The third-order valence-electron chi connectivity index (χ3n) is 4.97. The highest BCUT2D eigenvalue weighted by molar-refractivity contribution is 6.38. The Labute approximate surface area is 165 Å². The van der Waals surface area contributed by atoms with Crippen LogP contribution in [0.15, 0.2) is 51.9 Å². The molecule has 7 heteroatoms. The van der Waals surface area contributed by atoms with Gasteiger partial charge in [-0.2, -0.15) is 0 Å². The molecular formula is C20H18Cl2FN2O2+. The molecule has 140 valence electrons. The van der Waals surface area contributed by atoms with Crippen LogP contribution in [0, 0.1) is 5.82 Å². The Bertz CT molecular complexity index is 1030. The monoisotopic (exact) mass is 407 g/mol. The predicted molar refractivity (Wildman–Crippen MR) is 106 cm³/mol. The summed E-state index contributed by atoms with van der Waals surface area (Å²) in [5.41, 5.74) is 1.91. The molecule has 0 unspecified atom stereocenters. The van der Waals surface area contributed by atoms with Gasteiger partial charge in [0.1, 0.15) is 18.6 Å². The number of nitrogens with one attached hydrogen (secondary N) is 1. The highest BCUT2D eigenvalue weighted by atomic mass is 35.5. The van der Waals surface area contributed by atoms with Crippen LogP contribution in [0.5, 0.6) is 0 Å².